The van der Waals surface area contributed by atoms with E-state index in [1.165, 1.54) is 31.5 Å². The summed E-state index contributed by atoms with van der Waals surface area (Å²) in [6, 6.07) is 79.5. The van der Waals surface area contributed by atoms with Crippen LogP contribution in [0.2, 0.25) is 0 Å². The van der Waals surface area contributed by atoms with Gasteiger partial charge >= 0.3 is 0 Å². The molecular weight excluding hydrogens is 733 g/mol. The van der Waals surface area contributed by atoms with Gasteiger partial charge in [-0.1, -0.05) is 182 Å². The average Bonchev–Trinajstić information content (AvgIpc) is 3.64. The van der Waals surface area contributed by atoms with Crippen LogP contribution in [0.25, 0.3) is 38.6 Å². The van der Waals surface area contributed by atoms with Crippen molar-refractivity contribution in [1.82, 2.24) is 4.57 Å². The van der Waals surface area contributed by atoms with Crippen molar-refractivity contribution in [2.24, 2.45) is 0 Å². The third-order valence-electron chi connectivity index (χ3n) is 12.5. The Labute approximate surface area is 344 Å². The third-order valence-corrected chi connectivity index (χ3v) is 17.3. The van der Waals surface area contributed by atoms with Gasteiger partial charge in [-0.3, -0.25) is 0 Å². The van der Waals surface area contributed by atoms with Gasteiger partial charge < -0.3 is 14.0 Å². The van der Waals surface area contributed by atoms with Crippen LogP contribution in [0.3, 0.4) is 0 Å². The highest BCUT2D eigenvalue weighted by molar-refractivity contribution is 7.19. The van der Waals surface area contributed by atoms with E-state index >= 15 is 0 Å². The zero-order chi connectivity index (χ0) is 38.9. The van der Waals surface area contributed by atoms with Crippen molar-refractivity contribution in [2.75, 3.05) is 0 Å². The minimum absolute atomic E-state index is 0.0468. The number of rotatable bonds is 6. The summed E-state index contributed by atoms with van der Waals surface area (Å²) >= 11 is 0. The Morgan fingerprint density at radius 1 is 0.373 bits per heavy atom. The predicted octanol–water partition coefficient (Wildman–Crippen LogP) is 8.56. The van der Waals surface area contributed by atoms with E-state index in [9.17, 15) is 0 Å². The van der Waals surface area contributed by atoms with Gasteiger partial charge in [0, 0.05) is 21.8 Å². The molecule has 3 heterocycles. The van der Waals surface area contributed by atoms with Gasteiger partial charge in [0.1, 0.15) is 23.0 Å². The smallest absolute Gasteiger partial charge is 0.260 e. The van der Waals surface area contributed by atoms with Gasteiger partial charge in [-0.25, -0.2) is 0 Å². The van der Waals surface area contributed by atoms with E-state index in [2.05, 4.69) is 217 Å². The molecule has 276 valence electrons. The van der Waals surface area contributed by atoms with Crippen LogP contribution >= 0.6 is 0 Å². The summed E-state index contributed by atoms with van der Waals surface area (Å²) < 4.78 is 16.1. The molecule has 59 heavy (non-hydrogen) atoms. The van der Waals surface area contributed by atoms with Crippen LogP contribution in [0.15, 0.2) is 218 Å². The van der Waals surface area contributed by atoms with Crippen molar-refractivity contribution in [3.63, 3.8) is 0 Å². The molecule has 0 unspecified atom stereocenters. The Balaban J connectivity index is 1.15. The standard InChI is InChI=1S/C54H36BNO2Si/c1-4-17-38(18-5-1)59(39-19-6-2-7-20-39,40-21-8-3-9-22-40)41-33-31-37(32-34-41)52-48(56-46-26-13-10-23-42(46)43-24-11-14-27-47(43)56)36-35-45-54(52)58-51-30-16-29-50-53(51)55(45)44-25-12-15-28-49(44)57-50/h1-36H. The third kappa shape index (κ3) is 5.02. The summed E-state index contributed by atoms with van der Waals surface area (Å²) in [7, 11) is -2.74. The Bertz CT molecular complexity index is 3070. The van der Waals surface area contributed by atoms with Crippen molar-refractivity contribution in [3.8, 4) is 39.8 Å². The van der Waals surface area contributed by atoms with Gasteiger partial charge in [-0.2, -0.15) is 0 Å². The van der Waals surface area contributed by atoms with Crippen molar-refractivity contribution in [1.29, 1.82) is 0 Å². The van der Waals surface area contributed by atoms with E-state index in [-0.39, 0.29) is 6.71 Å². The molecule has 0 saturated carbocycles. The number of benzene rings is 9. The zero-order valence-electron chi connectivity index (χ0n) is 32.1. The van der Waals surface area contributed by atoms with Crippen LogP contribution in [-0.4, -0.2) is 19.4 Å². The molecule has 0 amide bonds. The molecule has 5 heteroatoms. The first-order valence-corrected chi connectivity index (χ1v) is 22.3. The Morgan fingerprint density at radius 2 is 0.864 bits per heavy atom. The molecule has 0 radical (unpaired) electrons. The molecule has 2 aliphatic rings. The molecule has 1 aromatic heterocycles. The number of hydrogen-bond donors (Lipinski definition) is 0. The van der Waals surface area contributed by atoms with Crippen molar-refractivity contribution >= 4 is 73.7 Å². The maximum absolute atomic E-state index is 7.21. The molecule has 10 aromatic rings. The highest BCUT2D eigenvalue weighted by Crippen LogP contribution is 2.44. The molecule has 3 nitrogen and oxygen atoms in total. The Hall–Kier alpha value is -7.34. The van der Waals surface area contributed by atoms with E-state index < -0.39 is 8.07 Å². The van der Waals surface area contributed by atoms with Gasteiger partial charge in [0.05, 0.1) is 16.7 Å². The lowest BCUT2D eigenvalue weighted by Crippen LogP contribution is -2.74. The number of para-hydroxylation sites is 3. The second-order valence-corrected chi connectivity index (χ2v) is 19.3. The van der Waals surface area contributed by atoms with E-state index in [1.54, 1.807) is 0 Å². The monoisotopic (exact) mass is 769 g/mol. The van der Waals surface area contributed by atoms with E-state index in [0.717, 1.165) is 67.2 Å². The predicted molar refractivity (Wildman–Crippen MR) is 248 cm³/mol. The Morgan fingerprint density at radius 3 is 1.47 bits per heavy atom. The molecule has 0 saturated heterocycles. The second kappa shape index (κ2) is 13.4. The number of nitrogens with zero attached hydrogens (tertiary/aromatic N) is 1. The van der Waals surface area contributed by atoms with Gasteiger partial charge in [0.25, 0.3) is 6.71 Å². The van der Waals surface area contributed by atoms with Crippen molar-refractivity contribution in [3.05, 3.63) is 218 Å². The van der Waals surface area contributed by atoms with Gasteiger partial charge in [0.15, 0.2) is 8.07 Å². The maximum atomic E-state index is 7.21. The van der Waals surface area contributed by atoms with Crippen LogP contribution < -0.4 is 46.6 Å². The summed E-state index contributed by atoms with van der Waals surface area (Å²) in [6.45, 7) is -0.0468. The van der Waals surface area contributed by atoms with Crippen LogP contribution in [0.1, 0.15) is 0 Å². The van der Waals surface area contributed by atoms with E-state index in [1.807, 2.05) is 6.07 Å². The van der Waals surface area contributed by atoms with Crippen LogP contribution in [-0.2, 0) is 0 Å². The minimum atomic E-state index is -2.74. The summed E-state index contributed by atoms with van der Waals surface area (Å²) in [6.07, 6.45) is 0. The lowest BCUT2D eigenvalue weighted by atomic mass is 9.34. The van der Waals surface area contributed by atoms with Gasteiger partial charge in [-0.05, 0) is 73.6 Å². The fraction of sp³-hybridized carbons (Fsp3) is 0. The normalized spacial score (nSPS) is 12.6. The highest BCUT2D eigenvalue weighted by atomic mass is 28.3. The van der Waals surface area contributed by atoms with E-state index in [0.29, 0.717) is 0 Å². The molecule has 2 aliphatic heterocycles. The lowest BCUT2D eigenvalue weighted by Gasteiger charge is -2.35. The number of ether oxygens (including phenoxy) is 2. The number of aromatic nitrogens is 1. The quantitative estimate of drug-likeness (QED) is 0.125. The lowest BCUT2D eigenvalue weighted by molar-refractivity contribution is 0.465. The first-order valence-electron chi connectivity index (χ1n) is 20.3. The molecular formula is C54H36BNO2Si. The second-order valence-electron chi connectivity index (χ2n) is 15.5. The van der Waals surface area contributed by atoms with Crippen LogP contribution in [0.5, 0.6) is 23.0 Å². The zero-order valence-corrected chi connectivity index (χ0v) is 33.1. The molecule has 0 fully saturated rings. The number of fused-ring (bicyclic) bond motifs is 7. The maximum Gasteiger partial charge on any atom is 0.260 e. The molecule has 0 spiro atoms. The summed E-state index contributed by atoms with van der Waals surface area (Å²) in [5.74, 6) is 3.44. The van der Waals surface area contributed by atoms with Gasteiger partial charge in [0.2, 0.25) is 0 Å². The topological polar surface area (TPSA) is 23.4 Å². The van der Waals surface area contributed by atoms with Crippen LogP contribution in [0.4, 0.5) is 0 Å². The average molecular weight is 770 g/mol. The Kier molecular flexibility index (Phi) is 7.65. The summed E-state index contributed by atoms with van der Waals surface area (Å²) in [5.41, 5.74) is 8.90. The summed E-state index contributed by atoms with van der Waals surface area (Å²) in [4.78, 5) is 0. The minimum Gasteiger partial charge on any atom is -0.458 e. The van der Waals surface area contributed by atoms with Crippen molar-refractivity contribution in [2.45, 2.75) is 0 Å². The van der Waals surface area contributed by atoms with Gasteiger partial charge in [-0.15, -0.1) is 0 Å². The fourth-order valence-corrected chi connectivity index (χ4v) is 14.8. The molecule has 0 N–H and O–H groups in total. The number of hydrogen-bond acceptors (Lipinski definition) is 2. The SMILES string of the molecule is c1ccc([Si](c2ccccc2)(c2ccccc2)c2ccc(-c3c(-n4c5ccccc5c5ccccc54)ccc4c3Oc3cccc5c3B4c3ccccc3O5)cc2)cc1. The molecule has 12 rings (SSSR count). The molecule has 0 atom stereocenters. The molecule has 9 aromatic carbocycles. The van der Waals surface area contributed by atoms with E-state index in [4.69, 9.17) is 9.47 Å². The first-order chi connectivity index (χ1) is 29.3. The van der Waals surface area contributed by atoms with Crippen molar-refractivity contribution < 1.29 is 9.47 Å². The first kappa shape index (κ1) is 33.8. The fourth-order valence-electron chi connectivity index (χ4n) is 10.0. The van der Waals surface area contributed by atoms with Crippen LogP contribution in [0, 0.1) is 0 Å². The highest BCUT2D eigenvalue weighted by Gasteiger charge is 2.43. The molecule has 0 aliphatic carbocycles. The largest absolute Gasteiger partial charge is 0.458 e. The molecule has 0 bridgehead atoms. The summed E-state index contributed by atoms with van der Waals surface area (Å²) in [5, 5.41) is 7.82.